The van der Waals surface area contributed by atoms with Crippen LogP contribution < -0.4 is 5.32 Å². The fourth-order valence-corrected chi connectivity index (χ4v) is 3.58. The predicted molar refractivity (Wildman–Crippen MR) is 116 cm³/mol. The van der Waals surface area contributed by atoms with Crippen molar-refractivity contribution < 1.29 is 9.53 Å². The van der Waals surface area contributed by atoms with Crippen LogP contribution in [-0.4, -0.2) is 33.9 Å². The first-order chi connectivity index (χ1) is 14.6. The molecule has 0 bridgehead atoms. The van der Waals surface area contributed by atoms with Crippen LogP contribution in [0.3, 0.4) is 0 Å². The Kier molecular flexibility index (Phi) is 6.12. The largest absolute Gasteiger partial charge is 0.381 e. The molecule has 6 nitrogen and oxygen atoms in total. The number of rotatable bonds is 3. The molecule has 0 unspecified atom stereocenters. The van der Waals surface area contributed by atoms with E-state index in [1.807, 2.05) is 43.3 Å². The molecule has 1 fully saturated rings. The van der Waals surface area contributed by atoms with E-state index in [4.69, 9.17) is 16.3 Å². The minimum absolute atomic E-state index is 0.0942. The Morgan fingerprint density at radius 2 is 1.90 bits per heavy atom. The molecule has 30 heavy (non-hydrogen) atoms. The van der Waals surface area contributed by atoms with E-state index in [-0.39, 0.29) is 11.9 Å². The first-order valence-electron chi connectivity index (χ1n) is 9.77. The summed E-state index contributed by atoms with van der Waals surface area (Å²) >= 11 is 6.28. The smallest absolute Gasteiger partial charge is 0.276 e. The molecule has 3 heterocycles. The Bertz CT molecular complexity index is 1110. The number of aryl methyl sites for hydroxylation is 1. The van der Waals surface area contributed by atoms with Crippen molar-refractivity contribution in [2.45, 2.75) is 25.8 Å². The van der Waals surface area contributed by atoms with Gasteiger partial charge in [0.25, 0.3) is 5.91 Å². The second-order valence-corrected chi connectivity index (χ2v) is 7.50. The van der Waals surface area contributed by atoms with Gasteiger partial charge >= 0.3 is 0 Å². The monoisotopic (exact) mass is 420 g/mol. The Morgan fingerprint density at radius 1 is 1.17 bits per heavy atom. The molecule has 0 atom stereocenters. The Balaban J connectivity index is 1.52. The summed E-state index contributed by atoms with van der Waals surface area (Å²) in [6.45, 7) is 3.18. The second-order valence-electron chi connectivity index (χ2n) is 7.09. The summed E-state index contributed by atoms with van der Waals surface area (Å²) in [6, 6.07) is 11.7. The minimum Gasteiger partial charge on any atom is -0.381 e. The molecular weight excluding hydrogens is 400 g/mol. The lowest BCUT2D eigenvalue weighted by molar-refractivity contribution is 0.0647. The highest BCUT2D eigenvalue weighted by molar-refractivity contribution is 6.34. The number of aromatic nitrogens is 3. The van der Waals surface area contributed by atoms with Gasteiger partial charge in [0.2, 0.25) is 0 Å². The quantitative estimate of drug-likeness (QED) is 0.643. The first-order valence-corrected chi connectivity index (χ1v) is 10.2. The molecule has 0 radical (unpaired) electrons. The van der Waals surface area contributed by atoms with Crippen molar-refractivity contribution in [3.63, 3.8) is 0 Å². The summed E-state index contributed by atoms with van der Waals surface area (Å²) in [5, 5.41) is 7.50. The van der Waals surface area contributed by atoms with Gasteiger partial charge in [-0.25, -0.2) is 4.98 Å². The fraction of sp³-hybridized carbons (Fsp3) is 0.261. The number of carbonyl (C=O) groups is 1. The number of nitrogens with one attached hydrogen (secondary N) is 1. The highest BCUT2D eigenvalue weighted by Gasteiger charge is 2.25. The van der Waals surface area contributed by atoms with Crippen LogP contribution in [0.2, 0.25) is 5.02 Å². The summed E-state index contributed by atoms with van der Waals surface area (Å²) in [5.41, 5.74) is 2.87. The summed E-state index contributed by atoms with van der Waals surface area (Å²) in [5.74, 6) is 6.35. The number of anilines is 1. The number of nitrogens with zero attached hydrogens (tertiary/aromatic N) is 3. The van der Waals surface area contributed by atoms with Crippen LogP contribution in [0.25, 0.3) is 0 Å². The molecule has 1 aromatic carbocycles. The van der Waals surface area contributed by atoms with E-state index in [0.29, 0.717) is 29.7 Å². The van der Waals surface area contributed by atoms with E-state index in [2.05, 4.69) is 27.2 Å². The van der Waals surface area contributed by atoms with E-state index >= 15 is 0 Å². The number of amides is 1. The Hall–Kier alpha value is -3.14. The van der Waals surface area contributed by atoms with Gasteiger partial charge in [-0.15, -0.1) is 0 Å². The number of ether oxygens (including phenoxy) is 1. The number of hydrogen-bond donors (Lipinski definition) is 1. The van der Waals surface area contributed by atoms with Gasteiger partial charge in [-0.3, -0.25) is 9.48 Å². The molecule has 1 saturated heterocycles. The van der Waals surface area contributed by atoms with Gasteiger partial charge in [0.1, 0.15) is 11.5 Å². The zero-order valence-corrected chi connectivity index (χ0v) is 17.3. The summed E-state index contributed by atoms with van der Waals surface area (Å²) in [7, 11) is 0. The highest BCUT2D eigenvalue weighted by Crippen LogP contribution is 2.26. The molecule has 0 aliphatic carbocycles. The van der Waals surface area contributed by atoms with Gasteiger partial charge < -0.3 is 10.1 Å². The van der Waals surface area contributed by atoms with Crippen molar-refractivity contribution in [2.24, 2.45) is 0 Å². The zero-order chi connectivity index (χ0) is 20.9. The van der Waals surface area contributed by atoms with Crippen molar-refractivity contribution in [2.75, 3.05) is 18.5 Å². The van der Waals surface area contributed by atoms with Gasteiger partial charge in [-0.2, -0.15) is 5.10 Å². The molecule has 3 aromatic rings. The molecular formula is C23H21ClN4O2. The van der Waals surface area contributed by atoms with Crippen LogP contribution in [0, 0.1) is 18.8 Å². The van der Waals surface area contributed by atoms with E-state index < -0.39 is 0 Å². The average Bonchev–Trinajstić information content (AvgIpc) is 3.17. The normalized spacial score (nSPS) is 14.1. The third-order valence-corrected chi connectivity index (χ3v) is 5.21. The number of pyridine rings is 1. The number of hydrogen-bond acceptors (Lipinski definition) is 4. The zero-order valence-electron chi connectivity index (χ0n) is 16.6. The second kappa shape index (κ2) is 9.12. The maximum Gasteiger partial charge on any atom is 0.276 e. The molecule has 4 rings (SSSR count). The lowest BCUT2D eigenvalue weighted by Gasteiger charge is -2.24. The van der Waals surface area contributed by atoms with Crippen LogP contribution in [0.4, 0.5) is 5.82 Å². The van der Waals surface area contributed by atoms with Gasteiger partial charge in [-0.05, 0) is 43.5 Å². The molecule has 1 aliphatic rings. The molecule has 152 valence electrons. The third kappa shape index (κ3) is 4.54. The predicted octanol–water partition coefficient (Wildman–Crippen LogP) is 4.24. The van der Waals surface area contributed by atoms with E-state index in [0.717, 1.165) is 29.5 Å². The average molecular weight is 421 g/mol. The van der Waals surface area contributed by atoms with Crippen molar-refractivity contribution in [3.05, 3.63) is 76.2 Å². The van der Waals surface area contributed by atoms with Crippen LogP contribution in [0.5, 0.6) is 0 Å². The van der Waals surface area contributed by atoms with E-state index in [1.165, 1.54) is 6.20 Å². The maximum atomic E-state index is 13.0. The minimum atomic E-state index is -0.331. The molecule has 7 heteroatoms. The molecule has 0 spiro atoms. The number of benzene rings is 1. The van der Waals surface area contributed by atoms with Crippen molar-refractivity contribution in [1.29, 1.82) is 0 Å². The molecule has 1 aliphatic heterocycles. The van der Waals surface area contributed by atoms with Crippen molar-refractivity contribution in [3.8, 4) is 11.8 Å². The lowest BCUT2D eigenvalue weighted by atomic mass is 10.1. The van der Waals surface area contributed by atoms with Gasteiger partial charge in [0.05, 0.1) is 17.3 Å². The van der Waals surface area contributed by atoms with E-state index in [1.54, 1.807) is 10.9 Å². The summed E-state index contributed by atoms with van der Waals surface area (Å²) < 4.78 is 7.11. The Labute approximate surface area is 180 Å². The van der Waals surface area contributed by atoms with Crippen molar-refractivity contribution >= 4 is 23.3 Å². The van der Waals surface area contributed by atoms with Crippen LogP contribution in [-0.2, 0) is 4.74 Å². The number of halogens is 1. The summed E-state index contributed by atoms with van der Waals surface area (Å²) in [6.07, 6.45) is 4.75. The molecule has 1 N–H and O–H groups in total. The lowest BCUT2D eigenvalue weighted by Crippen LogP contribution is -2.26. The topological polar surface area (TPSA) is 69.0 Å². The van der Waals surface area contributed by atoms with Crippen LogP contribution in [0.15, 0.2) is 48.8 Å². The van der Waals surface area contributed by atoms with Gasteiger partial charge in [0.15, 0.2) is 0 Å². The molecule has 1 amide bonds. The number of carbonyl (C=O) groups excluding carboxylic acids is 1. The molecule has 0 saturated carbocycles. The maximum absolute atomic E-state index is 13.0. The fourth-order valence-electron chi connectivity index (χ4n) is 3.37. The SMILES string of the molecule is Cc1cc(C#Cc2ccccc2)cnc1NC(=O)c1c(Cl)cnn1C1CCOCC1. The summed E-state index contributed by atoms with van der Waals surface area (Å²) in [4.78, 5) is 17.3. The highest BCUT2D eigenvalue weighted by atomic mass is 35.5. The van der Waals surface area contributed by atoms with Gasteiger partial charge in [-0.1, -0.05) is 41.6 Å². The van der Waals surface area contributed by atoms with Crippen LogP contribution in [0.1, 0.15) is 46.1 Å². The van der Waals surface area contributed by atoms with Crippen molar-refractivity contribution in [1.82, 2.24) is 14.8 Å². The third-order valence-electron chi connectivity index (χ3n) is 4.94. The standard InChI is InChI=1S/C23H21ClN4O2/c1-16-13-18(8-7-17-5-3-2-4-6-17)14-25-22(16)27-23(29)21-20(24)15-26-28(21)19-9-11-30-12-10-19/h2-6,13-15,19H,9-12H2,1H3,(H,25,27,29). The van der Waals surface area contributed by atoms with Crippen LogP contribution >= 0.6 is 11.6 Å². The molecule has 2 aromatic heterocycles. The first kappa shape index (κ1) is 20.1. The van der Waals surface area contributed by atoms with Gasteiger partial charge in [0, 0.05) is 30.5 Å². The Morgan fingerprint density at radius 3 is 2.63 bits per heavy atom. The van der Waals surface area contributed by atoms with E-state index in [9.17, 15) is 4.79 Å².